The molecule has 1 aliphatic rings. The van der Waals surface area contributed by atoms with E-state index in [0.717, 1.165) is 0 Å². The predicted octanol–water partition coefficient (Wildman–Crippen LogP) is 2.75. The van der Waals surface area contributed by atoms with E-state index in [0.29, 0.717) is 24.2 Å². The van der Waals surface area contributed by atoms with E-state index in [1.165, 1.54) is 33.8 Å². The van der Waals surface area contributed by atoms with Crippen molar-refractivity contribution < 1.29 is 18.4 Å². The maximum Gasteiger partial charge on any atom is 0.272 e. The highest BCUT2D eigenvalue weighted by Gasteiger charge is 2.28. The van der Waals surface area contributed by atoms with Gasteiger partial charge in [0.05, 0.1) is 6.54 Å². The number of hydrogen-bond donors (Lipinski definition) is 1. The number of amides is 2. The average molecular weight is 396 g/mol. The van der Waals surface area contributed by atoms with Gasteiger partial charge in [0.1, 0.15) is 17.3 Å². The Balaban J connectivity index is 1.45. The fourth-order valence-electron chi connectivity index (χ4n) is 3.25. The van der Waals surface area contributed by atoms with Crippen LogP contribution in [0.1, 0.15) is 32.1 Å². The monoisotopic (exact) mass is 396 g/mol. The average Bonchev–Trinajstić information content (AvgIpc) is 3.15. The summed E-state index contributed by atoms with van der Waals surface area (Å²) in [6, 6.07) is 13.7. The summed E-state index contributed by atoms with van der Waals surface area (Å²) in [6.45, 7) is 1.07. The Hall–Kier alpha value is -3.55. The summed E-state index contributed by atoms with van der Waals surface area (Å²) in [7, 11) is 0. The Bertz CT molecular complexity index is 1080. The van der Waals surface area contributed by atoms with Gasteiger partial charge in [-0.1, -0.05) is 30.3 Å². The molecule has 2 amide bonds. The van der Waals surface area contributed by atoms with Gasteiger partial charge < -0.3 is 10.2 Å². The number of nitrogens with one attached hydrogen (secondary N) is 1. The van der Waals surface area contributed by atoms with Crippen LogP contribution in [0.25, 0.3) is 0 Å². The van der Waals surface area contributed by atoms with E-state index in [9.17, 15) is 18.4 Å². The number of hydrogen-bond acceptors (Lipinski definition) is 3. The van der Waals surface area contributed by atoms with E-state index >= 15 is 0 Å². The van der Waals surface area contributed by atoms with Crippen molar-refractivity contribution in [2.45, 2.75) is 19.6 Å². The van der Waals surface area contributed by atoms with Gasteiger partial charge in [-0.05, 0) is 23.8 Å². The van der Waals surface area contributed by atoms with Crippen molar-refractivity contribution in [3.63, 3.8) is 0 Å². The van der Waals surface area contributed by atoms with Crippen molar-refractivity contribution in [1.29, 1.82) is 0 Å². The molecule has 0 radical (unpaired) electrons. The molecular formula is C21H18F2N4O2. The first-order chi connectivity index (χ1) is 14.0. The second kappa shape index (κ2) is 7.83. The van der Waals surface area contributed by atoms with Gasteiger partial charge in [-0.3, -0.25) is 14.3 Å². The molecule has 0 fully saturated rings. The minimum absolute atomic E-state index is 0.109. The molecule has 1 aliphatic heterocycles. The van der Waals surface area contributed by atoms with Crippen LogP contribution in [-0.4, -0.2) is 33.0 Å². The van der Waals surface area contributed by atoms with E-state index in [4.69, 9.17) is 0 Å². The number of nitrogens with zero attached hydrogens (tertiary/aromatic N) is 3. The summed E-state index contributed by atoms with van der Waals surface area (Å²) in [5.74, 6) is -1.51. The number of carbonyl (C=O) groups is 2. The highest BCUT2D eigenvalue weighted by Crippen LogP contribution is 2.18. The van der Waals surface area contributed by atoms with Gasteiger partial charge in [-0.15, -0.1) is 0 Å². The minimum Gasteiger partial charge on any atom is -0.347 e. The largest absolute Gasteiger partial charge is 0.347 e. The summed E-state index contributed by atoms with van der Waals surface area (Å²) in [6.07, 6.45) is 0. The molecule has 0 saturated heterocycles. The van der Waals surface area contributed by atoms with Gasteiger partial charge in [-0.2, -0.15) is 5.10 Å². The Labute approximate surface area is 165 Å². The summed E-state index contributed by atoms with van der Waals surface area (Å²) in [5, 5.41) is 6.87. The van der Waals surface area contributed by atoms with Crippen molar-refractivity contribution >= 4 is 11.8 Å². The first kappa shape index (κ1) is 18.8. The molecule has 0 unspecified atom stereocenters. The second-order valence-corrected chi connectivity index (χ2v) is 6.77. The molecule has 0 aliphatic carbocycles. The normalized spacial score (nSPS) is 13.3. The molecule has 3 aromatic rings. The smallest absolute Gasteiger partial charge is 0.272 e. The van der Waals surface area contributed by atoms with Crippen LogP contribution in [0, 0.1) is 11.6 Å². The lowest BCUT2D eigenvalue weighted by molar-refractivity contribution is 0.0681. The van der Waals surface area contributed by atoms with E-state index < -0.39 is 5.91 Å². The second-order valence-electron chi connectivity index (χ2n) is 6.77. The Morgan fingerprint density at radius 3 is 2.69 bits per heavy atom. The third-order valence-corrected chi connectivity index (χ3v) is 4.76. The Morgan fingerprint density at radius 1 is 1.07 bits per heavy atom. The fourth-order valence-corrected chi connectivity index (χ4v) is 3.25. The molecule has 4 rings (SSSR count). The highest BCUT2D eigenvalue weighted by molar-refractivity contribution is 5.98. The minimum atomic E-state index is -0.454. The van der Waals surface area contributed by atoms with Crippen LogP contribution in [-0.2, 0) is 19.6 Å². The van der Waals surface area contributed by atoms with Gasteiger partial charge in [-0.25, -0.2) is 8.78 Å². The van der Waals surface area contributed by atoms with Crippen LogP contribution in [0.2, 0.25) is 0 Å². The van der Waals surface area contributed by atoms with Crippen molar-refractivity contribution in [3.05, 3.63) is 88.7 Å². The molecule has 0 saturated carbocycles. The lowest BCUT2D eigenvalue weighted by Gasteiger charge is -2.27. The predicted molar refractivity (Wildman–Crippen MR) is 101 cm³/mol. The van der Waals surface area contributed by atoms with Gasteiger partial charge in [0.2, 0.25) is 0 Å². The van der Waals surface area contributed by atoms with Crippen LogP contribution in [0.5, 0.6) is 0 Å². The molecule has 6 nitrogen and oxygen atoms in total. The van der Waals surface area contributed by atoms with Gasteiger partial charge in [0.25, 0.3) is 11.8 Å². The molecule has 29 heavy (non-hydrogen) atoms. The molecule has 8 heteroatoms. The van der Waals surface area contributed by atoms with Crippen LogP contribution in [0.15, 0.2) is 54.6 Å². The third kappa shape index (κ3) is 4.01. The highest BCUT2D eigenvalue weighted by atomic mass is 19.1. The fraction of sp³-hybridized carbons (Fsp3) is 0.190. The van der Waals surface area contributed by atoms with E-state index in [1.54, 1.807) is 30.3 Å². The molecule has 2 aromatic carbocycles. The van der Waals surface area contributed by atoms with Gasteiger partial charge in [0, 0.05) is 31.3 Å². The molecule has 0 atom stereocenters. The number of halogens is 2. The van der Waals surface area contributed by atoms with Crippen LogP contribution < -0.4 is 5.32 Å². The van der Waals surface area contributed by atoms with Crippen molar-refractivity contribution in [3.8, 4) is 0 Å². The van der Waals surface area contributed by atoms with Crippen molar-refractivity contribution in [1.82, 2.24) is 20.0 Å². The zero-order valence-corrected chi connectivity index (χ0v) is 15.4. The van der Waals surface area contributed by atoms with E-state index in [-0.39, 0.29) is 42.0 Å². The molecule has 1 N–H and O–H groups in total. The summed E-state index contributed by atoms with van der Waals surface area (Å²) in [4.78, 5) is 26.7. The van der Waals surface area contributed by atoms with E-state index in [2.05, 4.69) is 10.4 Å². The summed E-state index contributed by atoms with van der Waals surface area (Å²) in [5.41, 5.74) is 1.44. The van der Waals surface area contributed by atoms with Gasteiger partial charge in [0.15, 0.2) is 5.69 Å². The van der Waals surface area contributed by atoms with E-state index in [1.807, 2.05) is 0 Å². The summed E-state index contributed by atoms with van der Waals surface area (Å²) < 4.78 is 28.6. The maximum absolute atomic E-state index is 13.9. The topological polar surface area (TPSA) is 67.2 Å². The quantitative estimate of drug-likeness (QED) is 0.721. The van der Waals surface area contributed by atoms with Crippen molar-refractivity contribution in [2.75, 3.05) is 6.54 Å². The first-order valence-electron chi connectivity index (χ1n) is 9.14. The number of fused-ring (bicyclic) bond motifs is 1. The van der Waals surface area contributed by atoms with Gasteiger partial charge >= 0.3 is 0 Å². The molecule has 2 heterocycles. The zero-order chi connectivity index (χ0) is 20.4. The van der Waals surface area contributed by atoms with Crippen molar-refractivity contribution in [2.24, 2.45) is 0 Å². The summed E-state index contributed by atoms with van der Waals surface area (Å²) >= 11 is 0. The molecule has 148 valence electrons. The number of benzene rings is 2. The standard InChI is InChI=1S/C21H18F2N4O2/c22-16-6-3-4-14(10-16)12-24-20(28)18-11-19-21(29)26(8-9-27(19)25-18)13-15-5-1-2-7-17(15)23/h1-7,10-11H,8-9,12-13H2,(H,24,28). The Morgan fingerprint density at radius 2 is 1.90 bits per heavy atom. The van der Waals surface area contributed by atoms with Crippen LogP contribution in [0.4, 0.5) is 8.78 Å². The third-order valence-electron chi connectivity index (χ3n) is 4.76. The number of carbonyl (C=O) groups excluding carboxylic acids is 2. The lowest BCUT2D eigenvalue weighted by Crippen LogP contribution is -2.40. The number of rotatable bonds is 5. The maximum atomic E-state index is 13.9. The Kier molecular flexibility index (Phi) is 5.07. The van der Waals surface area contributed by atoms with Crippen LogP contribution in [0.3, 0.4) is 0 Å². The molecule has 1 aromatic heterocycles. The molecule has 0 spiro atoms. The molecule has 0 bridgehead atoms. The van der Waals surface area contributed by atoms with Crippen LogP contribution >= 0.6 is 0 Å². The zero-order valence-electron chi connectivity index (χ0n) is 15.4. The SMILES string of the molecule is O=C(NCc1cccc(F)c1)c1cc2n(n1)CCN(Cc1ccccc1F)C2=O. The molecular weight excluding hydrogens is 378 g/mol. The lowest BCUT2D eigenvalue weighted by atomic mass is 10.1. The number of aromatic nitrogens is 2. The first-order valence-corrected chi connectivity index (χ1v) is 9.14.